The van der Waals surface area contributed by atoms with Gasteiger partial charge < -0.3 is 10.6 Å². The zero-order chi connectivity index (χ0) is 17.5. The van der Waals surface area contributed by atoms with Crippen LogP contribution in [0, 0.1) is 13.8 Å². The largest absolute Gasteiger partial charge is 0.356 e. The van der Waals surface area contributed by atoms with Crippen molar-refractivity contribution in [2.24, 2.45) is 0 Å². The summed E-state index contributed by atoms with van der Waals surface area (Å²) in [5, 5.41) is 5.83. The van der Waals surface area contributed by atoms with E-state index in [0.717, 1.165) is 37.2 Å². The van der Waals surface area contributed by atoms with E-state index in [2.05, 4.69) is 21.6 Å². The molecular weight excluding hydrogens is 302 g/mol. The van der Waals surface area contributed by atoms with Crippen LogP contribution >= 0.6 is 0 Å². The topological polar surface area (TPSA) is 61.4 Å². The molecule has 0 radical (unpaired) electrons. The van der Waals surface area contributed by atoms with E-state index in [1.54, 1.807) is 0 Å². The molecule has 0 aliphatic carbocycles. The Morgan fingerprint density at radius 3 is 2.79 bits per heavy atom. The Morgan fingerprint density at radius 1 is 1.25 bits per heavy atom. The molecule has 1 aromatic carbocycles. The maximum Gasteiger partial charge on any atom is 0.238 e. The predicted molar refractivity (Wildman–Crippen MR) is 97.0 cm³/mol. The number of carbonyl (C=O) groups excluding carboxylic acids is 2. The minimum absolute atomic E-state index is 0.00355. The van der Waals surface area contributed by atoms with Crippen LogP contribution in [0.15, 0.2) is 29.8 Å². The number of aryl methyl sites for hydroxylation is 1. The lowest BCUT2D eigenvalue weighted by atomic mass is 10.1. The van der Waals surface area contributed by atoms with Gasteiger partial charge in [0, 0.05) is 32.2 Å². The number of amides is 2. The van der Waals surface area contributed by atoms with Crippen LogP contribution in [0.25, 0.3) is 0 Å². The lowest BCUT2D eigenvalue weighted by Gasteiger charge is -2.27. The van der Waals surface area contributed by atoms with Gasteiger partial charge in [0.05, 0.1) is 6.54 Å². The molecule has 5 nitrogen and oxygen atoms in total. The van der Waals surface area contributed by atoms with Crippen molar-refractivity contribution in [1.29, 1.82) is 0 Å². The number of nitrogens with one attached hydrogen (secondary N) is 2. The summed E-state index contributed by atoms with van der Waals surface area (Å²) in [5.41, 5.74) is 4.46. The zero-order valence-corrected chi connectivity index (χ0v) is 14.8. The molecule has 0 spiro atoms. The fourth-order valence-corrected chi connectivity index (χ4v) is 2.88. The summed E-state index contributed by atoms with van der Waals surface area (Å²) in [6.07, 6.45) is 4.02. The van der Waals surface area contributed by atoms with Gasteiger partial charge in [-0.15, -0.1) is 0 Å². The highest BCUT2D eigenvalue weighted by molar-refractivity contribution is 5.93. The van der Waals surface area contributed by atoms with Gasteiger partial charge in [0.2, 0.25) is 11.8 Å². The number of nitrogens with zero attached hydrogens (tertiary/aromatic N) is 1. The number of anilines is 1. The second-order valence-electron chi connectivity index (χ2n) is 6.39. The minimum Gasteiger partial charge on any atom is -0.356 e. The van der Waals surface area contributed by atoms with E-state index in [4.69, 9.17) is 0 Å². The van der Waals surface area contributed by atoms with Gasteiger partial charge >= 0.3 is 0 Å². The van der Waals surface area contributed by atoms with Crippen LogP contribution < -0.4 is 10.6 Å². The van der Waals surface area contributed by atoms with Crippen molar-refractivity contribution in [1.82, 2.24) is 10.2 Å². The molecule has 1 heterocycles. The molecule has 130 valence electrons. The molecule has 0 unspecified atom stereocenters. The summed E-state index contributed by atoms with van der Waals surface area (Å²) < 4.78 is 0. The van der Waals surface area contributed by atoms with Gasteiger partial charge in [-0.05, 0) is 43.9 Å². The van der Waals surface area contributed by atoms with E-state index >= 15 is 0 Å². The van der Waals surface area contributed by atoms with E-state index in [1.165, 1.54) is 18.1 Å². The first-order valence-corrected chi connectivity index (χ1v) is 8.46. The van der Waals surface area contributed by atoms with E-state index in [9.17, 15) is 9.59 Å². The maximum atomic E-state index is 12.3. The van der Waals surface area contributed by atoms with Gasteiger partial charge in [0.15, 0.2) is 0 Å². The molecule has 0 fully saturated rings. The van der Waals surface area contributed by atoms with Crippen molar-refractivity contribution < 1.29 is 9.59 Å². The Kier molecular flexibility index (Phi) is 6.55. The highest BCUT2D eigenvalue weighted by Crippen LogP contribution is 2.18. The number of hydrogen-bond donors (Lipinski definition) is 2. The van der Waals surface area contributed by atoms with E-state index in [-0.39, 0.29) is 11.8 Å². The van der Waals surface area contributed by atoms with Crippen molar-refractivity contribution in [2.45, 2.75) is 33.6 Å². The third-order valence-electron chi connectivity index (χ3n) is 4.37. The Bertz CT molecular complexity index is 637. The smallest absolute Gasteiger partial charge is 0.238 e. The summed E-state index contributed by atoms with van der Waals surface area (Å²) in [6.45, 7) is 8.33. The second kappa shape index (κ2) is 8.64. The van der Waals surface area contributed by atoms with Gasteiger partial charge in [0.25, 0.3) is 0 Å². The molecule has 0 saturated heterocycles. The highest BCUT2D eigenvalue weighted by atomic mass is 16.2. The molecule has 0 saturated carbocycles. The van der Waals surface area contributed by atoms with Crippen molar-refractivity contribution >= 4 is 17.5 Å². The molecule has 2 N–H and O–H groups in total. The lowest BCUT2D eigenvalue weighted by Crippen LogP contribution is -2.37. The first-order chi connectivity index (χ1) is 11.5. The molecule has 24 heavy (non-hydrogen) atoms. The SMILES string of the molecule is CC(=O)NCCC1=CCCN(CC(=O)Nc2cccc(C)c2C)C1. The molecule has 1 aliphatic rings. The third kappa shape index (κ3) is 5.49. The average Bonchev–Trinajstić information content (AvgIpc) is 2.52. The van der Waals surface area contributed by atoms with Gasteiger partial charge in [0.1, 0.15) is 0 Å². The van der Waals surface area contributed by atoms with E-state index in [0.29, 0.717) is 13.1 Å². The maximum absolute atomic E-state index is 12.3. The highest BCUT2D eigenvalue weighted by Gasteiger charge is 2.16. The van der Waals surface area contributed by atoms with Crippen LogP contribution in [0.2, 0.25) is 0 Å². The summed E-state index contributed by atoms with van der Waals surface area (Å²) in [4.78, 5) is 25.4. The molecule has 1 aromatic rings. The summed E-state index contributed by atoms with van der Waals surface area (Å²) in [6, 6.07) is 5.94. The number of carbonyl (C=O) groups is 2. The fourth-order valence-electron chi connectivity index (χ4n) is 2.88. The van der Waals surface area contributed by atoms with E-state index in [1.807, 2.05) is 32.0 Å². The first kappa shape index (κ1) is 18.2. The number of rotatable bonds is 6. The van der Waals surface area contributed by atoms with Gasteiger partial charge in [-0.2, -0.15) is 0 Å². The van der Waals surface area contributed by atoms with Crippen LogP contribution in [-0.2, 0) is 9.59 Å². The monoisotopic (exact) mass is 329 g/mol. The minimum atomic E-state index is -0.00355. The van der Waals surface area contributed by atoms with Crippen molar-refractivity contribution in [3.05, 3.63) is 41.0 Å². The van der Waals surface area contributed by atoms with Crippen molar-refractivity contribution in [3.8, 4) is 0 Å². The Balaban J connectivity index is 1.83. The molecule has 1 aliphatic heterocycles. The van der Waals surface area contributed by atoms with Crippen LogP contribution in [0.3, 0.4) is 0 Å². The average molecular weight is 329 g/mol. The molecular formula is C19H27N3O2. The number of benzene rings is 1. The Labute approximate surface area is 144 Å². The van der Waals surface area contributed by atoms with Crippen molar-refractivity contribution in [2.75, 3.05) is 31.5 Å². The Morgan fingerprint density at radius 2 is 2.04 bits per heavy atom. The summed E-state index contributed by atoms with van der Waals surface area (Å²) in [7, 11) is 0. The molecule has 2 rings (SSSR count). The predicted octanol–water partition coefficient (Wildman–Crippen LogP) is 2.40. The summed E-state index contributed by atoms with van der Waals surface area (Å²) >= 11 is 0. The van der Waals surface area contributed by atoms with E-state index < -0.39 is 0 Å². The molecule has 2 amide bonds. The fraction of sp³-hybridized carbons (Fsp3) is 0.474. The zero-order valence-electron chi connectivity index (χ0n) is 14.8. The van der Waals surface area contributed by atoms with Gasteiger partial charge in [-0.25, -0.2) is 0 Å². The molecule has 0 aromatic heterocycles. The number of hydrogen-bond acceptors (Lipinski definition) is 3. The van der Waals surface area contributed by atoms with Crippen LogP contribution in [0.1, 0.15) is 30.9 Å². The molecule has 0 bridgehead atoms. The van der Waals surface area contributed by atoms with Crippen molar-refractivity contribution in [3.63, 3.8) is 0 Å². The molecule has 0 atom stereocenters. The second-order valence-corrected chi connectivity index (χ2v) is 6.39. The van der Waals surface area contributed by atoms with Crippen LogP contribution in [0.5, 0.6) is 0 Å². The van der Waals surface area contributed by atoms with Crippen LogP contribution in [-0.4, -0.2) is 42.9 Å². The standard InChI is InChI=1S/C19H27N3O2/c1-14-6-4-8-18(15(14)2)21-19(24)13-22-11-5-7-17(12-22)9-10-20-16(3)23/h4,6-8H,5,9-13H2,1-3H3,(H,20,23)(H,21,24). The van der Waals surface area contributed by atoms with Gasteiger partial charge in [-0.1, -0.05) is 23.8 Å². The van der Waals surface area contributed by atoms with Crippen LogP contribution in [0.4, 0.5) is 5.69 Å². The normalized spacial score (nSPS) is 14.9. The van der Waals surface area contributed by atoms with Gasteiger partial charge in [-0.3, -0.25) is 14.5 Å². The third-order valence-corrected chi connectivity index (χ3v) is 4.37. The summed E-state index contributed by atoms with van der Waals surface area (Å²) in [5.74, 6) is 0.0166. The quantitative estimate of drug-likeness (QED) is 0.788. The molecule has 5 heteroatoms. The first-order valence-electron chi connectivity index (χ1n) is 8.46. The Hall–Kier alpha value is -2.14. The lowest BCUT2D eigenvalue weighted by molar-refractivity contribution is -0.119.